The molecule has 0 aromatic heterocycles. The summed E-state index contributed by atoms with van der Waals surface area (Å²) in [6.45, 7) is 12.3. The molecule has 1 rings (SSSR count). The number of hydrogen-bond donors (Lipinski definition) is 2. The van der Waals surface area contributed by atoms with Crippen LogP contribution in [0, 0.1) is 0 Å². The molecule has 0 aromatic carbocycles. The second kappa shape index (κ2) is 6.68. The summed E-state index contributed by atoms with van der Waals surface area (Å²) in [6.07, 6.45) is 1.01. The molecule has 5 heteroatoms. The highest BCUT2D eigenvalue weighted by molar-refractivity contribution is 5.78. The first-order valence-electron chi connectivity index (χ1n) is 7.16. The molecule has 0 saturated carbocycles. The van der Waals surface area contributed by atoms with Gasteiger partial charge in [0.25, 0.3) is 0 Å². The normalized spacial score (nSPS) is 29.7. The molecule has 0 spiro atoms. The van der Waals surface area contributed by atoms with Crippen molar-refractivity contribution in [1.82, 2.24) is 10.2 Å². The third kappa shape index (κ3) is 4.44. The van der Waals surface area contributed by atoms with Crippen LogP contribution in [0.25, 0.3) is 0 Å². The maximum Gasteiger partial charge on any atom is 0.323 e. The fourth-order valence-corrected chi connectivity index (χ4v) is 2.92. The van der Waals surface area contributed by atoms with Gasteiger partial charge in [0.05, 0.1) is 12.2 Å². The Hall–Kier alpha value is -0.650. The quantitative estimate of drug-likeness (QED) is 0.764. The number of ether oxygens (including phenoxy) is 1. The number of aliphatic carboxylic acids is 1. The van der Waals surface area contributed by atoms with E-state index in [4.69, 9.17) is 4.74 Å². The fraction of sp³-hybridized carbons (Fsp3) is 0.929. The molecule has 0 radical (unpaired) electrons. The Morgan fingerprint density at radius 1 is 1.47 bits per heavy atom. The second-order valence-electron chi connectivity index (χ2n) is 5.93. The molecule has 1 saturated heterocycles. The van der Waals surface area contributed by atoms with Crippen LogP contribution in [0.5, 0.6) is 0 Å². The van der Waals surface area contributed by atoms with Crippen LogP contribution in [-0.2, 0) is 9.53 Å². The van der Waals surface area contributed by atoms with Crippen molar-refractivity contribution < 1.29 is 14.6 Å². The molecular weight excluding hydrogens is 244 g/mol. The van der Waals surface area contributed by atoms with Crippen LogP contribution in [0.15, 0.2) is 0 Å². The van der Waals surface area contributed by atoms with Gasteiger partial charge in [0, 0.05) is 19.1 Å². The van der Waals surface area contributed by atoms with Crippen LogP contribution in [-0.4, -0.2) is 59.4 Å². The lowest BCUT2D eigenvalue weighted by Gasteiger charge is -2.41. The minimum absolute atomic E-state index is 0.210. The molecule has 4 unspecified atom stereocenters. The Morgan fingerprint density at radius 3 is 2.42 bits per heavy atom. The summed E-state index contributed by atoms with van der Waals surface area (Å²) < 4.78 is 5.72. The van der Waals surface area contributed by atoms with E-state index < -0.39 is 11.5 Å². The summed E-state index contributed by atoms with van der Waals surface area (Å²) in [7, 11) is 0. The number of carbonyl (C=O) groups is 1. The third-order valence-corrected chi connectivity index (χ3v) is 3.81. The van der Waals surface area contributed by atoms with E-state index in [1.165, 1.54) is 0 Å². The minimum atomic E-state index is -0.862. The summed E-state index contributed by atoms with van der Waals surface area (Å²) in [6, 6.07) is 0.217. The van der Waals surface area contributed by atoms with Crippen molar-refractivity contribution in [2.45, 2.75) is 64.8 Å². The van der Waals surface area contributed by atoms with Crippen molar-refractivity contribution in [2.75, 3.05) is 19.6 Å². The van der Waals surface area contributed by atoms with Crippen molar-refractivity contribution >= 4 is 5.97 Å². The van der Waals surface area contributed by atoms with E-state index in [-0.39, 0.29) is 18.2 Å². The molecule has 1 aliphatic heterocycles. The number of nitrogens with one attached hydrogen (secondary N) is 1. The Labute approximate surface area is 116 Å². The van der Waals surface area contributed by atoms with Gasteiger partial charge in [-0.25, -0.2) is 0 Å². The first-order chi connectivity index (χ1) is 8.78. The lowest BCUT2D eigenvalue weighted by atomic mass is 9.92. The van der Waals surface area contributed by atoms with Gasteiger partial charge in [0.15, 0.2) is 0 Å². The summed E-state index contributed by atoms with van der Waals surface area (Å²) in [5.74, 6) is -0.782. The van der Waals surface area contributed by atoms with E-state index in [0.29, 0.717) is 13.0 Å². The van der Waals surface area contributed by atoms with Crippen molar-refractivity contribution in [2.24, 2.45) is 0 Å². The molecule has 0 aliphatic carbocycles. The summed E-state index contributed by atoms with van der Waals surface area (Å²) in [4.78, 5) is 13.8. The van der Waals surface area contributed by atoms with Gasteiger partial charge >= 0.3 is 5.97 Å². The van der Waals surface area contributed by atoms with Gasteiger partial charge < -0.3 is 15.2 Å². The SMILES string of the molecule is CCNC(C)(CC(C)N1CC(C)OC(C)C1)C(=O)O. The van der Waals surface area contributed by atoms with E-state index in [1.54, 1.807) is 6.92 Å². The highest BCUT2D eigenvalue weighted by Crippen LogP contribution is 2.20. The first kappa shape index (κ1) is 16.4. The highest BCUT2D eigenvalue weighted by Gasteiger charge is 2.36. The molecule has 1 aliphatic rings. The van der Waals surface area contributed by atoms with Crippen molar-refractivity contribution in [3.63, 3.8) is 0 Å². The second-order valence-corrected chi connectivity index (χ2v) is 5.93. The topological polar surface area (TPSA) is 61.8 Å². The van der Waals surface area contributed by atoms with Crippen molar-refractivity contribution in [3.05, 3.63) is 0 Å². The number of rotatable bonds is 6. The van der Waals surface area contributed by atoms with Gasteiger partial charge in [-0.3, -0.25) is 9.69 Å². The highest BCUT2D eigenvalue weighted by atomic mass is 16.5. The molecule has 0 bridgehead atoms. The van der Waals surface area contributed by atoms with Crippen molar-refractivity contribution in [1.29, 1.82) is 0 Å². The molecule has 0 aromatic rings. The number of carboxylic acids is 1. The zero-order valence-corrected chi connectivity index (χ0v) is 12.8. The standard InChI is InChI=1S/C14H28N2O3/c1-6-15-14(5,13(17)18)7-10(2)16-8-11(3)19-12(4)9-16/h10-12,15H,6-9H2,1-5H3,(H,17,18). The van der Waals surface area contributed by atoms with Gasteiger partial charge in [-0.15, -0.1) is 0 Å². The Balaban J connectivity index is 2.66. The molecule has 5 nitrogen and oxygen atoms in total. The molecule has 2 N–H and O–H groups in total. The zero-order valence-electron chi connectivity index (χ0n) is 12.8. The molecule has 1 heterocycles. The first-order valence-corrected chi connectivity index (χ1v) is 7.16. The minimum Gasteiger partial charge on any atom is -0.480 e. The Bertz CT molecular complexity index is 301. The van der Waals surface area contributed by atoms with Gasteiger partial charge in [0.1, 0.15) is 5.54 Å². The van der Waals surface area contributed by atoms with Crippen LogP contribution < -0.4 is 5.32 Å². The molecule has 1 fully saturated rings. The monoisotopic (exact) mass is 272 g/mol. The predicted molar refractivity (Wildman–Crippen MR) is 75.4 cm³/mol. The average Bonchev–Trinajstić information content (AvgIpc) is 2.27. The number of carboxylic acid groups (broad SMARTS) is 1. The van der Waals surface area contributed by atoms with Crippen molar-refractivity contribution in [3.8, 4) is 0 Å². The van der Waals surface area contributed by atoms with Crippen LogP contribution in [0.1, 0.15) is 41.0 Å². The number of morpholine rings is 1. The fourth-order valence-electron chi connectivity index (χ4n) is 2.92. The van der Waals surface area contributed by atoms with E-state index in [2.05, 4.69) is 31.0 Å². The molecule has 112 valence electrons. The van der Waals surface area contributed by atoms with E-state index in [9.17, 15) is 9.90 Å². The van der Waals surface area contributed by atoms with E-state index in [1.807, 2.05) is 6.92 Å². The summed E-state index contributed by atoms with van der Waals surface area (Å²) >= 11 is 0. The van der Waals surface area contributed by atoms with Gasteiger partial charge in [-0.1, -0.05) is 6.92 Å². The van der Waals surface area contributed by atoms with Crippen LogP contribution in [0.4, 0.5) is 0 Å². The summed E-state index contributed by atoms with van der Waals surface area (Å²) in [5.41, 5.74) is -0.862. The van der Waals surface area contributed by atoms with Gasteiger partial charge in [-0.05, 0) is 40.7 Å². The Morgan fingerprint density at radius 2 is 2.00 bits per heavy atom. The predicted octanol–water partition coefficient (Wildman–Crippen LogP) is 1.33. The molecular formula is C14H28N2O3. The zero-order chi connectivity index (χ0) is 14.6. The molecule has 4 atom stereocenters. The lowest BCUT2D eigenvalue weighted by molar-refractivity contribution is -0.145. The molecule has 0 amide bonds. The van der Waals surface area contributed by atoms with Gasteiger partial charge in [0.2, 0.25) is 0 Å². The maximum atomic E-state index is 11.5. The van der Waals surface area contributed by atoms with E-state index in [0.717, 1.165) is 13.1 Å². The number of nitrogens with zero attached hydrogens (tertiary/aromatic N) is 1. The largest absolute Gasteiger partial charge is 0.480 e. The lowest BCUT2D eigenvalue weighted by Crippen LogP contribution is -2.56. The van der Waals surface area contributed by atoms with E-state index >= 15 is 0 Å². The third-order valence-electron chi connectivity index (χ3n) is 3.81. The van der Waals surface area contributed by atoms with Gasteiger partial charge in [-0.2, -0.15) is 0 Å². The average molecular weight is 272 g/mol. The van der Waals surface area contributed by atoms with Crippen LogP contribution >= 0.6 is 0 Å². The molecule has 19 heavy (non-hydrogen) atoms. The van der Waals surface area contributed by atoms with Crippen LogP contribution in [0.3, 0.4) is 0 Å². The summed E-state index contributed by atoms with van der Waals surface area (Å²) in [5, 5.41) is 12.5. The maximum absolute atomic E-state index is 11.5. The number of likely N-dealkylation sites (N-methyl/N-ethyl adjacent to an activating group) is 1. The smallest absolute Gasteiger partial charge is 0.323 e. The van der Waals surface area contributed by atoms with Crippen LogP contribution in [0.2, 0.25) is 0 Å². The Kier molecular flexibility index (Phi) is 5.77. The number of hydrogen-bond acceptors (Lipinski definition) is 4.